The summed E-state index contributed by atoms with van der Waals surface area (Å²) in [6, 6.07) is 4.40. The van der Waals surface area contributed by atoms with Crippen LogP contribution in [0.15, 0.2) is 27.8 Å². The molecule has 0 aromatic carbocycles. The summed E-state index contributed by atoms with van der Waals surface area (Å²) in [6.07, 6.45) is 2.71. The highest BCUT2D eigenvalue weighted by atomic mass is 32.2. The lowest BCUT2D eigenvalue weighted by atomic mass is 9.95. The summed E-state index contributed by atoms with van der Waals surface area (Å²) in [4.78, 5) is 12.1. The molecular weight excluding hydrogens is 330 g/mol. The van der Waals surface area contributed by atoms with Crippen molar-refractivity contribution in [1.82, 2.24) is 4.72 Å². The van der Waals surface area contributed by atoms with Crippen LogP contribution in [0, 0.1) is 0 Å². The van der Waals surface area contributed by atoms with Crippen molar-refractivity contribution >= 4 is 38.7 Å². The highest BCUT2D eigenvalue weighted by Crippen LogP contribution is 2.34. The van der Waals surface area contributed by atoms with Gasteiger partial charge in [0.2, 0.25) is 0 Å². The smallest absolute Gasteiger partial charge is 0.345 e. The first-order chi connectivity index (χ1) is 9.97. The molecule has 21 heavy (non-hydrogen) atoms. The second-order valence-electron chi connectivity index (χ2n) is 4.79. The molecule has 3 rings (SSSR count). The fourth-order valence-corrected chi connectivity index (χ4v) is 5.83. The summed E-state index contributed by atoms with van der Waals surface area (Å²) in [6.45, 7) is 0. The van der Waals surface area contributed by atoms with Crippen LogP contribution >= 0.6 is 22.7 Å². The largest absolute Gasteiger partial charge is 0.477 e. The Morgan fingerprint density at radius 3 is 2.86 bits per heavy atom. The van der Waals surface area contributed by atoms with Gasteiger partial charge in [-0.15, -0.1) is 22.7 Å². The van der Waals surface area contributed by atoms with Crippen molar-refractivity contribution < 1.29 is 18.3 Å². The van der Waals surface area contributed by atoms with Crippen molar-refractivity contribution in [2.45, 2.75) is 29.5 Å². The second-order valence-corrected chi connectivity index (χ2v) is 8.81. The molecule has 1 unspecified atom stereocenters. The molecule has 0 spiro atoms. The molecule has 1 atom stereocenters. The number of nitrogens with one attached hydrogen (secondary N) is 1. The number of aromatic carboxylic acids is 1. The van der Waals surface area contributed by atoms with E-state index < -0.39 is 16.0 Å². The lowest BCUT2D eigenvalue weighted by Crippen LogP contribution is -2.30. The van der Waals surface area contributed by atoms with Gasteiger partial charge in [0, 0.05) is 10.9 Å². The molecule has 1 aliphatic carbocycles. The Morgan fingerprint density at radius 2 is 2.14 bits per heavy atom. The van der Waals surface area contributed by atoms with Crippen LogP contribution in [-0.2, 0) is 16.4 Å². The van der Waals surface area contributed by atoms with Crippen molar-refractivity contribution in [2.75, 3.05) is 0 Å². The summed E-state index contributed by atoms with van der Waals surface area (Å²) in [7, 11) is -3.68. The van der Waals surface area contributed by atoms with E-state index in [-0.39, 0.29) is 15.1 Å². The minimum atomic E-state index is -3.68. The predicted molar refractivity (Wildman–Crippen MR) is 81.6 cm³/mol. The van der Waals surface area contributed by atoms with E-state index in [0.717, 1.165) is 36.2 Å². The van der Waals surface area contributed by atoms with E-state index in [1.165, 1.54) is 17.0 Å². The number of aryl methyl sites for hydroxylation is 1. The van der Waals surface area contributed by atoms with Gasteiger partial charge in [-0.2, -0.15) is 0 Å². The second kappa shape index (κ2) is 5.53. The fourth-order valence-electron chi connectivity index (χ4n) is 2.43. The molecule has 0 bridgehead atoms. The van der Waals surface area contributed by atoms with E-state index in [4.69, 9.17) is 5.11 Å². The zero-order valence-corrected chi connectivity index (χ0v) is 13.4. The van der Waals surface area contributed by atoms with Gasteiger partial charge in [0.05, 0.1) is 0 Å². The van der Waals surface area contributed by atoms with Gasteiger partial charge in [-0.3, -0.25) is 0 Å². The summed E-state index contributed by atoms with van der Waals surface area (Å²) in [5.41, 5.74) is 1.05. The lowest BCUT2D eigenvalue weighted by Gasteiger charge is -2.23. The van der Waals surface area contributed by atoms with Crippen molar-refractivity contribution in [3.8, 4) is 0 Å². The average molecular weight is 343 g/mol. The minimum absolute atomic E-state index is 0.0234. The predicted octanol–water partition coefficient (Wildman–Crippen LogP) is 2.86. The number of thiophene rings is 2. The minimum Gasteiger partial charge on any atom is -0.477 e. The Balaban J connectivity index is 1.85. The first-order valence-electron chi connectivity index (χ1n) is 6.39. The number of fused-ring (bicyclic) bond motifs is 1. The highest BCUT2D eigenvalue weighted by Gasteiger charge is 2.27. The fraction of sp³-hybridized carbons (Fsp3) is 0.308. The van der Waals surface area contributed by atoms with Crippen LogP contribution in [0.1, 0.15) is 39.0 Å². The Hall–Kier alpha value is -1.22. The molecular formula is C13H13NO4S3. The quantitative estimate of drug-likeness (QED) is 0.894. The molecule has 5 nitrogen and oxygen atoms in total. The molecule has 0 fully saturated rings. The number of rotatable bonds is 4. The van der Waals surface area contributed by atoms with Crippen LogP contribution in [0.5, 0.6) is 0 Å². The van der Waals surface area contributed by atoms with Crippen molar-refractivity contribution in [2.24, 2.45) is 0 Å². The maximum Gasteiger partial charge on any atom is 0.345 e. The molecule has 0 aliphatic heterocycles. The Labute approximate surface area is 130 Å². The normalized spacial score (nSPS) is 18.4. The molecule has 112 valence electrons. The van der Waals surface area contributed by atoms with Crippen LogP contribution in [-0.4, -0.2) is 19.5 Å². The average Bonchev–Trinajstić information content (AvgIpc) is 3.08. The SMILES string of the molecule is O=C(O)c1ccc(S(=O)(=O)NC2CCCc3sccc32)s1. The van der Waals surface area contributed by atoms with Gasteiger partial charge in [0.25, 0.3) is 10.0 Å². The van der Waals surface area contributed by atoms with E-state index in [0.29, 0.717) is 0 Å². The Morgan fingerprint density at radius 1 is 1.33 bits per heavy atom. The molecule has 0 saturated carbocycles. The van der Waals surface area contributed by atoms with Gasteiger partial charge in [-0.1, -0.05) is 0 Å². The molecule has 8 heteroatoms. The third-order valence-electron chi connectivity index (χ3n) is 3.41. The van der Waals surface area contributed by atoms with Crippen molar-refractivity contribution in [3.05, 3.63) is 38.9 Å². The molecule has 0 saturated heterocycles. The van der Waals surface area contributed by atoms with Crippen LogP contribution < -0.4 is 4.72 Å². The summed E-state index contributed by atoms with van der Waals surface area (Å²) >= 11 is 2.42. The number of hydrogen-bond donors (Lipinski definition) is 2. The molecule has 1 aliphatic rings. The molecule has 0 amide bonds. The van der Waals surface area contributed by atoms with E-state index in [2.05, 4.69) is 4.72 Å². The Bertz CT molecular complexity index is 775. The summed E-state index contributed by atoms with van der Waals surface area (Å²) in [5.74, 6) is -1.11. The molecule has 2 N–H and O–H groups in total. The molecule has 2 aromatic heterocycles. The van der Waals surface area contributed by atoms with Gasteiger partial charge < -0.3 is 5.11 Å². The van der Waals surface area contributed by atoms with E-state index in [9.17, 15) is 13.2 Å². The highest BCUT2D eigenvalue weighted by molar-refractivity contribution is 7.91. The third-order valence-corrected chi connectivity index (χ3v) is 7.44. The van der Waals surface area contributed by atoms with Gasteiger partial charge in [0.15, 0.2) is 0 Å². The number of hydrogen-bond acceptors (Lipinski definition) is 5. The van der Waals surface area contributed by atoms with E-state index >= 15 is 0 Å². The number of carboxylic acids is 1. The van der Waals surface area contributed by atoms with E-state index in [1.807, 2.05) is 11.4 Å². The van der Waals surface area contributed by atoms with Crippen molar-refractivity contribution in [3.63, 3.8) is 0 Å². The third kappa shape index (κ3) is 2.89. The van der Waals surface area contributed by atoms with Gasteiger partial charge >= 0.3 is 5.97 Å². The zero-order valence-electron chi connectivity index (χ0n) is 10.9. The lowest BCUT2D eigenvalue weighted by molar-refractivity contribution is 0.0702. The number of carbonyl (C=O) groups is 1. The van der Waals surface area contributed by atoms with Crippen molar-refractivity contribution in [1.29, 1.82) is 0 Å². The first-order valence-corrected chi connectivity index (χ1v) is 9.57. The van der Waals surface area contributed by atoms with Gasteiger partial charge in [-0.05, 0) is 48.4 Å². The van der Waals surface area contributed by atoms with Gasteiger partial charge in [-0.25, -0.2) is 17.9 Å². The Kier molecular flexibility index (Phi) is 3.87. The number of sulfonamides is 1. The van der Waals surface area contributed by atoms with Crippen LogP contribution in [0.4, 0.5) is 0 Å². The van der Waals surface area contributed by atoms with Crippen LogP contribution in [0.2, 0.25) is 0 Å². The maximum atomic E-state index is 12.4. The number of carboxylic acid groups (broad SMARTS) is 1. The zero-order chi connectivity index (χ0) is 15.0. The van der Waals surface area contributed by atoms with Gasteiger partial charge in [0.1, 0.15) is 9.09 Å². The summed E-state index contributed by atoms with van der Waals surface area (Å²) < 4.78 is 27.5. The molecule has 2 aromatic rings. The van der Waals surface area contributed by atoms with Crippen LogP contribution in [0.25, 0.3) is 0 Å². The van der Waals surface area contributed by atoms with Crippen LogP contribution in [0.3, 0.4) is 0 Å². The molecule has 0 radical (unpaired) electrons. The standard InChI is InChI=1S/C13H13NO4S3/c15-13(16)11-4-5-12(20-11)21(17,18)14-9-2-1-3-10-8(9)6-7-19-10/h4-7,9,14H,1-3H2,(H,15,16). The van der Waals surface area contributed by atoms with E-state index in [1.54, 1.807) is 11.3 Å². The molecule has 2 heterocycles. The topological polar surface area (TPSA) is 83.5 Å². The maximum absolute atomic E-state index is 12.4. The summed E-state index contributed by atoms with van der Waals surface area (Å²) in [5, 5.41) is 10.9. The first kappa shape index (κ1) is 14.7. The monoisotopic (exact) mass is 343 g/mol.